The molecule has 0 saturated carbocycles. The highest BCUT2D eigenvalue weighted by Crippen LogP contribution is 2.32. The van der Waals surface area contributed by atoms with E-state index in [9.17, 15) is 18.8 Å². The van der Waals surface area contributed by atoms with Crippen LogP contribution in [0.15, 0.2) is 59.8 Å². The van der Waals surface area contributed by atoms with Crippen LogP contribution in [0.2, 0.25) is 0 Å². The summed E-state index contributed by atoms with van der Waals surface area (Å²) >= 11 is 0. The van der Waals surface area contributed by atoms with Crippen LogP contribution in [0.4, 0.5) is 9.18 Å². The van der Waals surface area contributed by atoms with E-state index in [4.69, 9.17) is 4.74 Å². The van der Waals surface area contributed by atoms with Crippen molar-refractivity contribution in [3.8, 4) is 0 Å². The molecule has 2 unspecified atom stereocenters. The first kappa shape index (κ1) is 26.3. The average Bonchev–Trinajstić information content (AvgIpc) is 2.87. The molecule has 0 spiro atoms. The summed E-state index contributed by atoms with van der Waals surface area (Å²) in [5.41, 5.74) is 3.31. The molecule has 2 heterocycles. The zero-order valence-electron chi connectivity index (χ0n) is 21.7. The molecule has 2 aliphatic rings. The summed E-state index contributed by atoms with van der Waals surface area (Å²) < 4.78 is 18.7. The number of likely N-dealkylation sites (N-methyl/N-ethyl adjacent to an activating group) is 1. The van der Waals surface area contributed by atoms with Crippen LogP contribution in [0, 0.1) is 12.7 Å². The van der Waals surface area contributed by atoms with Crippen LogP contribution in [-0.2, 0) is 9.53 Å². The van der Waals surface area contributed by atoms with Gasteiger partial charge in [0.15, 0.2) is 0 Å². The normalized spacial score (nSPS) is 20.6. The van der Waals surface area contributed by atoms with Crippen LogP contribution < -0.4 is 5.32 Å². The second-order valence-corrected chi connectivity index (χ2v) is 9.52. The van der Waals surface area contributed by atoms with Gasteiger partial charge in [-0.25, -0.2) is 14.0 Å². The molecule has 4 rings (SSSR count). The number of ether oxygens (including phenoxy) is 1. The average molecular weight is 509 g/mol. The number of nitrogens with one attached hydrogen (secondary N) is 1. The number of rotatable bonds is 6. The number of aryl methyl sites for hydroxylation is 1. The molecule has 1 fully saturated rings. The fourth-order valence-corrected chi connectivity index (χ4v) is 4.86. The molecule has 9 heteroatoms. The lowest BCUT2D eigenvalue weighted by molar-refractivity contribution is -0.139. The summed E-state index contributed by atoms with van der Waals surface area (Å²) in [6, 6.07) is 12.2. The Hall–Kier alpha value is -3.72. The van der Waals surface area contributed by atoms with Crippen LogP contribution in [0.25, 0.3) is 0 Å². The van der Waals surface area contributed by atoms with Crippen molar-refractivity contribution in [1.29, 1.82) is 0 Å². The molecule has 2 aromatic rings. The number of nitrogens with zero attached hydrogens (tertiary/aromatic N) is 3. The van der Waals surface area contributed by atoms with Gasteiger partial charge in [-0.1, -0.05) is 29.8 Å². The Morgan fingerprint density at radius 2 is 1.76 bits per heavy atom. The summed E-state index contributed by atoms with van der Waals surface area (Å²) in [4.78, 5) is 44.5. The molecule has 0 radical (unpaired) electrons. The fourth-order valence-electron chi connectivity index (χ4n) is 4.86. The molecular weight excluding hydrogens is 475 g/mol. The Labute approximate surface area is 216 Å². The second-order valence-electron chi connectivity index (χ2n) is 9.52. The number of carbonyl (C=O) groups is 3. The monoisotopic (exact) mass is 508 g/mol. The van der Waals surface area contributed by atoms with Crippen LogP contribution in [0.5, 0.6) is 0 Å². The molecule has 3 amide bonds. The zero-order chi connectivity index (χ0) is 26.7. The highest BCUT2D eigenvalue weighted by molar-refractivity contribution is 5.95. The molecule has 2 aliphatic heterocycles. The lowest BCUT2D eigenvalue weighted by Gasteiger charge is -2.42. The van der Waals surface area contributed by atoms with E-state index in [0.717, 1.165) is 11.1 Å². The van der Waals surface area contributed by atoms with Crippen molar-refractivity contribution in [2.75, 3.05) is 39.8 Å². The molecule has 1 saturated heterocycles. The van der Waals surface area contributed by atoms with E-state index in [-0.39, 0.29) is 30.4 Å². The minimum Gasteiger partial charge on any atom is -0.463 e. The number of amides is 3. The minimum atomic E-state index is -0.628. The van der Waals surface area contributed by atoms with E-state index in [1.807, 2.05) is 38.1 Å². The third-order valence-corrected chi connectivity index (χ3v) is 6.92. The predicted molar refractivity (Wildman–Crippen MR) is 137 cm³/mol. The standard InChI is InChI=1S/C28H33FN4O4/c1-5-37-27(35)24-23(31(4)28(36)30-25(24)20-8-6-18(2)7-9-20)17-32-14-15-33(19(3)16-32)26(34)21-10-12-22(29)13-11-21/h6-13,19,25H,5,14-17H2,1-4H3,(H,30,36). The van der Waals surface area contributed by atoms with Crippen LogP contribution in [0.3, 0.4) is 0 Å². The summed E-state index contributed by atoms with van der Waals surface area (Å²) in [5.74, 6) is -0.995. The highest BCUT2D eigenvalue weighted by atomic mass is 19.1. The molecule has 0 aliphatic carbocycles. The third-order valence-electron chi connectivity index (χ3n) is 6.92. The summed E-state index contributed by atoms with van der Waals surface area (Å²) in [5, 5.41) is 2.94. The number of esters is 1. The molecule has 1 N–H and O–H groups in total. The molecule has 0 aromatic heterocycles. The number of benzene rings is 2. The number of halogens is 1. The smallest absolute Gasteiger partial charge is 0.338 e. The van der Waals surface area contributed by atoms with Crippen molar-refractivity contribution in [3.05, 3.63) is 82.3 Å². The van der Waals surface area contributed by atoms with Crippen LogP contribution in [-0.4, -0.2) is 78.5 Å². The maximum atomic E-state index is 13.3. The van der Waals surface area contributed by atoms with Crippen molar-refractivity contribution < 1.29 is 23.5 Å². The van der Waals surface area contributed by atoms with Crippen molar-refractivity contribution in [3.63, 3.8) is 0 Å². The van der Waals surface area contributed by atoms with E-state index >= 15 is 0 Å². The fraction of sp³-hybridized carbons (Fsp3) is 0.393. The van der Waals surface area contributed by atoms with Gasteiger partial charge in [-0.15, -0.1) is 0 Å². The SMILES string of the molecule is CCOC(=O)C1=C(CN2CCN(C(=O)c3ccc(F)cc3)C(C)C2)N(C)C(=O)NC1c1ccc(C)cc1. The molecule has 8 nitrogen and oxygen atoms in total. The predicted octanol–water partition coefficient (Wildman–Crippen LogP) is 3.49. The first-order valence-corrected chi connectivity index (χ1v) is 12.5. The van der Waals surface area contributed by atoms with E-state index in [2.05, 4.69) is 10.2 Å². The largest absolute Gasteiger partial charge is 0.463 e. The lowest BCUT2D eigenvalue weighted by atomic mass is 9.93. The van der Waals surface area contributed by atoms with Gasteiger partial charge in [0.25, 0.3) is 5.91 Å². The Bertz CT molecular complexity index is 1200. The van der Waals surface area contributed by atoms with Gasteiger partial charge in [0, 0.05) is 50.5 Å². The highest BCUT2D eigenvalue weighted by Gasteiger charge is 2.38. The van der Waals surface area contributed by atoms with Gasteiger partial charge >= 0.3 is 12.0 Å². The summed E-state index contributed by atoms with van der Waals surface area (Å²) in [6.07, 6.45) is 0. The molecule has 2 aromatic carbocycles. The molecule has 2 atom stereocenters. The zero-order valence-corrected chi connectivity index (χ0v) is 21.7. The summed E-state index contributed by atoms with van der Waals surface area (Å²) in [7, 11) is 1.65. The first-order valence-electron chi connectivity index (χ1n) is 12.5. The first-order chi connectivity index (χ1) is 17.7. The number of hydrogen-bond acceptors (Lipinski definition) is 5. The van der Waals surface area contributed by atoms with Gasteiger partial charge in [0.1, 0.15) is 5.82 Å². The van der Waals surface area contributed by atoms with Crippen molar-refractivity contribution in [1.82, 2.24) is 20.0 Å². The Morgan fingerprint density at radius 3 is 2.38 bits per heavy atom. The molecule has 196 valence electrons. The van der Waals surface area contributed by atoms with Gasteiger partial charge in [-0.2, -0.15) is 0 Å². The second kappa shape index (κ2) is 11.1. The van der Waals surface area contributed by atoms with Crippen LogP contribution >= 0.6 is 0 Å². The van der Waals surface area contributed by atoms with Gasteiger partial charge in [0.2, 0.25) is 0 Å². The van der Waals surface area contributed by atoms with E-state index in [1.165, 1.54) is 29.2 Å². The maximum Gasteiger partial charge on any atom is 0.338 e. The summed E-state index contributed by atoms with van der Waals surface area (Å²) in [6.45, 7) is 7.84. The molecule has 0 bridgehead atoms. The maximum absolute atomic E-state index is 13.3. The van der Waals surface area contributed by atoms with Gasteiger partial charge in [-0.3, -0.25) is 14.6 Å². The molecular formula is C28H33FN4O4. The number of urea groups is 1. The van der Waals surface area contributed by atoms with E-state index < -0.39 is 12.0 Å². The third kappa shape index (κ3) is 5.67. The quantitative estimate of drug-likeness (QED) is 0.604. The lowest BCUT2D eigenvalue weighted by Crippen LogP contribution is -2.56. The number of carbonyl (C=O) groups excluding carboxylic acids is 3. The Kier molecular flexibility index (Phi) is 7.92. The van der Waals surface area contributed by atoms with Gasteiger partial charge < -0.3 is 15.0 Å². The Morgan fingerprint density at radius 1 is 1.08 bits per heavy atom. The minimum absolute atomic E-state index is 0.117. The van der Waals surface area contributed by atoms with E-state index in [1.54, 1.807) is 18.9 Å². The van der Waals surface area contributed by atoms with Crippen molar-refractivity contribution in [2.45, 2.75) is 32.9 Å². The topological polar surface area (TPSA) is 82.2 Å². The van der Waals surface area contributed by atoms with Crippen molar-refractivity contribution in [2.24, 2.45) is 0 Å². The van der Waals surface area contributed by atoms with Gasteiger partial charge in [-0.05, 0) is 50.6 Å². The van der Waals surface area contributed by atoms with Crippen molar-refractivity contribution >= 4 is 17.9 Å². The van der Waals surface area contributed by atoms with Gasteiger partial charge in [0.05, 0.1) is 18.2 Å². The number of hydrogen-bond donors (Lipinski definition) is 1. The van der Waals surface area contributed by atoms with E-state index in [0.29, 0.717) is 43.0 Å². The molecule has 37 heavy (non-hydrogen) atoms. The van der Waals surface area contributed by atoms with Crippen LogP contribution in [0.1, 0.15) is 41.4 Å². The Balaban J connectivity index is 1.59. The number of piperazine rings is 1.